The van der Waals surface area contributed by atoms with E-state index in [1.807, 2.05) is 15.9 Å². The maximum atomic E-state index is 13.1. The Morgan fingerprint density at radius 1 is 0.900 bits per heavy atom. The van der Waals surface area contributed by atoms with Gasteiger partial charge in [-0.05, 0) is 24.5 Å². The van der Waals surface area contributed by atoms with Gasteiger partial charge in [-0.2, -0.15) is 0 Å². The zero-order valence-electron chi connectivity index (χ0n) is 17.8. The molecule has 2 aromatic carbocycles. The van der Waals surface area contributed by atoms with Crippen molar-refractivity contribution in [3.8, 4) is 0 Å². The van der Waals surface area contributed by atoms with Crippen molar-refractivity contribution in [3.05, 3.63) is 71.3 Å². The van der Waals surface area contributed by atoms with Gasteiger partial charge in [0.15, 0.2) is 0 Å². The van der Waals surface area contributed by atoms with E-state index in [0.29, 0.717) is 19.5 Å². The van der Waals surface area contributed by atoms with Gasteiger partial charge in [-0.1, -0.05) is 60.2 Å². The zero-order chi connectivity index (χ0) is 20.9. The highest BCUT2D eigenvalue weighted by Crippen LogP contribution is 2.23. The molecule has 4 rings (SSSR count). The van der Waals surface area contributed by atoms with Crippen LogP contribution in [0.3, 0.4) is 0 Å². The molecule has 0 spiro atoms. The molecule has 2 amide bonds. The van der Waals surface area contributed by atoms with E-state index in [-0.39, 0.29) is 17.7 Å². The molecule has 5 heteroatoms. The highest BCUT2D eigenvalue weighted by molar-refractivity contribution is 5.89. The molecule has 2 aliphatic rings. The predicted octanol–water partition coefficient (Wildman–Crippen LogP) is 3.08. The number of aryl methyl sites for hydroxylation is 1. The summed E-state index contributed by atoms with van der Waals surface area (Å²) in [6.45, 7) is 7.53. The second-order valence-electron chi connectivity index (χ2n) is 8.60. The van der Waals surface area contributed by atoms with Crippen molar-refractivity contribution >= 4 is 11.8 Å². The molecule has 0 saturated carbocycles. The van der Waals surface area contributed by atoms with Crippen LogP contribution in [0.5, 0.6) is 0 Å². The minimum atomic E-state index is -0.205. The van der Waals surface area contributed by atoms with Crippen LogP contribution in [0.4, 0.5) is 0 Å². The summed E-state index contributed by atoms with van der Waals surface area (Å²) in [6, 6.07) is 18.7. The number of hydrogen-bond acceptors (Lipinski definition) is 3. The van der Waals surface area contributed by atoms with Crippen LogP contribution in [-0.2, 0) is 22.7 Å². The summed E-state index contributed by atoms with van der Waals surface area (Å²) in [5.74, 6) is 0.0365. The largest absolute Gasteiger partial charge is 0.341 e. The molecule has 0 aliphatic carbocycles. The average molecular weight is 406 g/mol. The van der Waals surface area contributed by atoms with Crippen molar-refractivity contribution in [2.45, 2.75) is 32.9 Å². The van der Waals surface area contributed by atoms with Crippen LogP contribution < -0.4 is 0 Å². The number of carbonyl (C=O) groups is 2. The van der Waals surface area contributed by atoms with E-state index in [1.54, 1.807) is 0 Å². The molecule has 5 nitrogen and oxygen atoms in total. The highest BCUT2D eigenvalue weighted by Gasteiger charge is 2.36. The monoisotopic (exact) mass is 405 g/mol. The van der Waals surface area contributed by atoms with Gasteiger partial charge in [0.2, 0.25) is 11.8 Å². The Balaban J connectivity index is 1.31. The molecule has 0 unspecified atom stereocenters. The summed E-state index contributed by atoms with van der Waals surface area (Å²) in [6.07, 6.45) is 1.32. The number of nitrogens with zero attached hydrogens (tertiary/aromatic N) is 3. The summed E-state index contributed by atoms with van der Waals surface area (Å²) in [7, 11) is 0. The Hall–Kier alpha value is -2.66. The first-order valence-corrected chi connectivity index (χ1v) is 11.0. The maximum absolute atomic E-state index is 13.1. The van der Waals surface area contributed by atoms with E-state index in [0.717, 1.165) is 44.7 Å². The third-order valence-corrected chi connectivity index (χ3v) is 6.21. The molecule has 2 saturated heterocycles. The Morgan fingerprint density at radius 3 is 2.40 bits per heavy atom. The summed E-state index contributed by atoms with van der Waals surface area (Å²) in [5.41, 5.74) is 3.64. The molecule has 30 heavy (non-hydrogen) atoms. The van der Waals surface area contributed by atoms with Gasteiger partial charge in [0.1, 0.15) is 0 Å². The average Bonchev–Trinajstić information content (AvgIpc) is 2.96. The fourth-order valence-electron chi connectivity index (χ4n) is 4.45. The van der Waals surface area contributed by atoms with Crippen molar-refractivity contribution < 1.29 is 9.59 Å². The van der Waals surface area contributed by atoms with Crippen LogP contribution >= 0.6 is 0 Å². The maximum Gasteiger partial charge on any atom is 0.228 e. The van der Waals surface area contributed by atoms with Gasteiger partial charge in [0, 0.05) is 52.2 Å². The topological polar surface area (TPSA) is 43.9 Å². The Morgan fingerprint density at radius 2 is 1.63 bits per heavy atom. The van der Waals surface area contributed by atoms with Gasteiger partial charge in [-0.15, -0.1) is 0 Å². The normalized spacial score (nSPS) is 20.4. The van der Waals surface area contributed by atoms with Crippen LogP contribution in [-0.4, -0.2) is 59.2 Å². The zero-order valence-corrected chi connectivity index (χ0v) is 17.8. The van der Waals surface area contributed by atoms with Crippen molar-refractivity contribution in [2.24, 2.45) is 5.92 Å². The van der Waals surface area contributed by atoms with Crippen LogP contribution in [0.15, 0.2) is 54.6 Å². The Kier molecular flexibility index (Phi) is 6.48. The van der Waals surface area contributed by atoms with Gasteiger partial charge in [-0.25, -0.2) is 0 Å². The quantitative estimate of drug-likeness (QED) is 0.768. The van der Waals surface area contributed by atoms with E-state index >= 15 is 0 Å². The third-order valence-electron chi connectivity index (χ3n) is 6.21. The number of rotatable bonds is 5. The molecule has 2 aliphatic heterocycles. The number of hydrogen-bond donors (Lipinski definition) is 0. The lowest BCUT2D eigenvalue weighted by atomic mass is 10.1. The van der Waals surface area contributed by atoms with Crippen molar-refractivity contribution in [1.29, 1.82) is 0 Å². The van der Waals surface area contributed by atoms with E-state index in [9.17, 15) is 9.59 Å². The standard InChI is InChI=1S/C25H31N3O2/c1-20-8-10-22(11-9-20)18-28-19-23(16-24(28)29)25(30)27-13-5-12-26(14-15-27)17-21-6-3-2-4-7-21/h2-4,6-11,23H,5,12-19H2,1H3/t23-/m0/s1. The fourth-order valence-corrected chi connectivity index (χ4v) is 4.45. The van der Waals surface area contributed by atoms with Crippen LogP contribution in [0.1, 0.15) is 29.5 Å². The molecule has 0 bridgehead atoms. The summed E-state index contributed by atoms with van der Waals surface area (Å²) in [4.78, 5) is 31.9. The second-order valence-corrected chi connectivity index (χ2v) is 8.60. The predicted molar refractivity (Wildman–Crippen MR) is 118 cm³/mol. The lowest BCUT2D eigenvalue weighted by molar-refractivity contribution is -0.135. The summed E-state index contributed by atoms with van der Waals surface area (Å²) < 4.78 is 0. The molecule has 2 fully saturated rings. The van der Waals surface area contributed by atoms with Gasteiger partial charge in [-0.3, -0.25) is 14.5 Å². The minimum Gasteiger partial charge on any atom is -0.341 e. The number of benzene rings is 2. The van der Waals surface area contributed by atoms with Crippen molar-refractivity contribution in [3.63, 3.8) is 0 Å². The molecule has 2 aromatic rings. The number of carbonyl (C=O) groups excluding carboxylic acids is 2. The van der Waals surface area contributed by atoms with Gasteiger partial charge in [0.25, 0.3) is 0 Å². The molecule has 158 valence electrons. The summed E-state index contributed by atoms with van der Waals surface area (Å²) in [5, 5.41) is 0. The van der Waals surface area contributed by atoms with Crippen molar-refractivity contribution in [1.82, 2.24) is 14.7 Å². The van der Waals surface area contributed by atoms with Gasteiger partial charge in [0.05, 0.1) is 5.92 Å². The van der Waals surface area contributed by atoms with Crippen LogP contribution in [0, 0.1) is 12.8 Å². The first kappa shape index (κ1) is 20.6. The van der Waals surface area contributed by atoms with Crippen LogP contribution in [0.2, 0.25) is 0 Å². The Bertz CT molecular complexity index is 866. The summed E-state index contributed by atoms with van der Waals surface area (Å²) >= 11 is 0. The molecule has 2 heterocycles. The first-order chi connectivity index (χ1) is 14.6. The smallest absolute Gasteiger partial charge is 0.228 e. The van der Waals surface area contributed by atoms with Gasteiger partial charge < -0.3 is 9.80 Å². The lowest BCUT2D eigenvalue weighted by Gasteiger charge is -2.24. The SMILES string of the molecule is Cc1ccc(CN2C[C@@H](C(=O)N3CCCN(Cc4ccccc4)CC3)CC2=O)cc1. The van der Waals surface area contributed by atoms with Crippen molar-refractivity contribution in [2.75, 3.05) is 32.7 Å². The van der Waals surface area contributed by atoms with Gasteiger partial charge >= 0.3 is 0 Å². The number of amides is 2. The second kappa shape index (κ2) is 9.43. The molecule has 0 N–H and O–H groups in total. The molecular weight excluding hydrogens is 374 g/mol. The van der Waals surface area contributed by atoms with E-state index in [4.69, 9.17) is 0 Å². The lowest BCUT2D eigenvalue weighted by Crippen LogP contribution is -2.39. The Labute approximate surface area is 179 Å². The molecule has 0 aromatic heterocycles. The van der Waals surface area contributed by atoms with E-state index < -0.39 is 0 Å². The third kappa shape index (κ3) is 5.08. The highest BCUT2D eigenvalue weighted by atomic mass is 16.2. The number of likely N-dealkylation sites (tertiary alicyclic amines) is 1. The van der Waals surface area contributed by atoms with E-state index in [2.05, 4.69) is 60.4 Å². The first-order valence-electron chi connectivity index (χ1n) is 11.0. The molecular formula is C25H31N3O2. The minimum absolute atomic E-state index is 0.0921. The van der Waals surface area contributed by atoms with Crippen LogP contribution in [0.25, 0.3) is 0 Å². The molecule has 1 atom stereocenters. The van der Waals surface area contributed by atoms with E-state index in [1.165, 1.54) is 11.1 Å². The molecule has 0 radical (unpaired) electrons. The fraction of sp³-hybridized carbons (Fsp3) is 0.440.